The lowest BCUT2D eigenvalue weighted by atomic mass is 10.1. The Balaban J connectivity index is 2.24. The predicted octanol–water partition coefficient (Wildman–Crippen LogP) is 3.21. The molecule has 0 bridgehead atoms. The monoisotopic (exact) mass is 245 g/mol. The summed E-state index contributed by atoms with van der Waals surface area (Å²) in [5, 5.41) is 1.29. The first-order chi connectivity index (χ1) is 8.63. The number of aryl methyl sites for hydroxylation is 3. The van der Waals surface area contributed by atoms with Crippen molar-refractivity contribution in [2.45, 2.75) is 33.7 Å². The summed E-state index contributed by atoms with van der Waals surface area (Å²) in [7, 11) is 0. The van der Waals surface area contributed by atoms with Gasteiger partial charge in [-0.15, -0.1) is 0 Å². The number of aromatic nitrogens is 1. The SMILES string of the molecule is CCOC(=O)CCn1cc(C)c2c(C)cccc21. The molecule has 0 amide bonds. The number of benzene rings is 1. The van der Waals surface area contributed by atoms with E-state index >= 15 is 0 Å². The van der Waals surface area contributed by atoms with Gasteiger partial charge in [0.25, 0.3) is 0 Å². The summed E-state index contributed by atoms with van der Waals surface area (Å²) in [5.41, 5.74) is 3.73. The fourth-order valence-electron chi connectivity index (χ4n) is 2.40. The molecular formula is C15H19NO2. The minimum atomic E-state index is -0.135. The largest absolute Gasteiger partial charge is 0.466 e. The molecule has 18 heavy (non-hydrogen) atoms. The molecule has 0 saturated heterocycles. The van der Waals surface area contributed by atoms with Crippen LogP contribution in [0.15, 0.2) is 24.4 Å². The van der Waals surface area contributed by atoms with Crippen LogP contribution in [-0.4, -0.2) is 17.1 Å². The van der Waals surface area contributed by atoms with Crippen molar-refractivity contribution >= 4 is 16.9 Å². The van der Waals surface area contributed by atoms with Crippen molar-refractivity contribution in [2.75, 3.05) is 6.61 Å². The maximum absolute atomic E-state index is 11.4. The van der Waals surface area contributed by atoms with Crippen molar-refractivity contribution in [3.05, 3.63) is 35.5 Å². The van der Waals surface area contributed by atoms with Gasteiger partial charge >= 0.3 is 5.97 Å². The summed E-state index contributed by atoms with van der Waals surface area (Å²) < 4.78 is 7.09. The van der Waals surface area contributed by atoms with Gasteiger partial charge in [-0.2, -0.15) is 0 Å². The van der Waals surface area contributed by atoms with Gasteiger partial charge in [-0.05, 0) is 38.0 Å². The first-order valence-electron chi connectivity index (χ1n) is 6.34. The molecule has 1 aromatic carbocycles. The van der Waals surface area contributed by atoms with E-state index in [4.69, 9.17) is 4.74 Å². The number of carbonyl (C=O) groups is 1. The van der Waals surface area contributed by atoms with Crippen LogP contribution in [0.4, 0.5) is 0 Å². The summed E-state index contributed by atoms with van der Waals surface area (Å²) in [5.74, 6) is -0.135. The van der Waals surface area contributed by atoms with E-state index in [0.717, 1.165) is 0 Å². The number of hydrogen-bond acceptors (Lipinski definition) is 2. The number of carbonyl (C=O) groups excluding carboxylic acids is 1. The quantitative estimate of drug-likeness (QED) is 0.774. The predicted molar refractivity (Wildman–Crippen MR) is 72.7 cm³/mol. The van der Waals surface area contributed by atoms with Crippen LogP contribution in [0.3, 0.4) is 0 Å². The van der Waals surface area contributed by atoms with Crippen molar-refractivity contribution < 1.29 is 9.53 Å². The van der Waals surface area contributed by atoms with Gasteiger partial charge in [0.15, 0.2) is 0 Å². The van der Waals surface area contributed by atoms with E-state index in [1.165, 1.54) is 22.0 Å². The van der Waals surface area contributed by atoms with Gasteiger partial charge in [-0.25, -0.2) is 0 Å². The van der Waals surface area contributed by atoms with E-state index in [9.17, 15) is 4.79 Å². The van der Waals surface area contributed by atoms with Crippen LogP contribution in [0.2, 0.25) is 0 Å². The molecule has 0 radical (unpaired) electrons. The van der Waals surface area contributed by atoms with Crippen LogP contribution in [0.5, 0.6) is 0 Å². The zero-order valence-corrected chi connectivity index (χ0v) is 11.2. The van der Waals surface area contributed by atoms with E-state index in [2.05, 4.69) is 42.8 Å². The number of esters is 1. The molecule has 2 aromatic rings. The van der Waals surface area contributed by atoms with E-state index in [1.54, 1.807) is 0 Å². The summed E-state index contributed by atoms with van der Waals surface area (Å²) >= 11 is 0. The zero-order chi connectivity index (χ0) is 13.1. The van der Waals surface area contributed by atoms with Crippen LogP contribution >= 0.6 is 0 Å². The molecule has 0 aliphatic carbocycles. The molecule has 0 aliphatic rings. The highest BCUT2D eigenvalue weighted by Crippen LogP contribution is 2.24. The molecule has 0 unspecified atom stereocenters. The molecule has 1 aromatic heterocycles. The third kappa shape index (κ3) is 2.40. The molecule has 0 aliphatic heterocycles. The standard InChI is InChI=1S/C15H19NO2/c1-4-18-14(17)8-9-16-10-12(3)15-11(2)6-5-7-13(15)16/h5-7,10H,4,8-9H2,1-3H3. The van der Waals surface area contributed by atoms with Crippen molar-refractivity contribution in [3.63, 3.8) is 0 Å². The molecule has 1 heterocycles. The Kier molecular flexibility index (Phi) is 3.70. The number of rotatable bonds is 4. The normalized spacial score (nSPS) is 10.8. The Labute approximate surface area is 107 Å². The van der Waals surface area contributed by atoms with Crippen LogP contribution in [-0.2, 0) is 16.1 Å². The lowest BCUT2D eigenvalue weighted by molar-refractivity contribution is -0.143. The van der Waals surface area contributed by atoms with E-state index in [0.29, 0.717) is 19.6 Å². The molecule has 0 atom stereocenters. The van der Waals surface area contributed by atoms with Crippen LogP contribution < -0.4 is 0 Å². The highest BCUT2D eigenvalue weighted by atomic mass is 16.5. The molecule has 0 saturated carbocycles. The fourth-order valence-corrected chi connectivity index (χ4v) is 2.40. The van der Waals surface area contributed by atoms with E-state index < -0.39 is 0 Å². The summed E-state index contributed by atoms with van der Waals surface area (Å²) in [6.07, 6.45) is 2.53. The molecule has 3 nitrogen and oxygen atoms in total. The second-order valence-corrected chi connectivity index (χ2v) is 4.53. The van der Waals surface area contributed by atoms with Gasteiger partial charge in [0.2, 0.25) is 0 Å². The Morgan fingerprint density at radius 2 is 2.06 bits per heavy atom. The lowest BCUT2D eigenvalue weighted by Crippen LogP contribution is -2.08. The smallest absolute Gasteiger partial charge is 0.307 e. The average Bonchev–Trinajstić information content (AvgIpc) is 2.65. The summed E-state index contributed by atoms with van der Waals surface area (Å²) in [6.45, 7) is 7.17. The maximum atomic E-state index is 11.4. The molecule has 0 spiro atoms. The van der Waals surface area contributed by atoms with Crippen molar-refractivity contribution in [1.29, 1.82) is 0 Å². The second-order valence-electron chi connectivity index (χ2n) is 4.53. The minimum absolute atomic E-state index is 0.135. The van der Waals surface area contributed by atoms with Crippen molar-refractivity contribution in [1.82, 2.24) is 4.57 Å². The number of nitrogens with zero attached hydrogens (tertiary/aromatic N) is 1. The van der Waals surface area contributed by atoms with Gasteiger partial charge in [-0.3, -0.25) is 4.79 Å². The Morgan fingerprint density at radius 3 is 2.78 bits per heavy atom. The highest BCUT2D eigenvalue weighted by Gasteiger charge is 2.09. The van der Waals surface area contributed by atoms with Crippen LogP contribution in [0.1, 0.15) is 24.5 Å². The van der Waals surface area contributed by atoms with Gasteiger partial charge in [0.05, 0.1) is 13.0 Å². The zero-order valence-electron chi connectivity index (χ0n) is 11.2. The molecule has 3 heteroatoms. The molecule has 2 rings (SSSR count). The van der Waals surface area contributed by atoms with Gasteiger partial charge in [0, 0.05) is 23.6 Å². The number of ether oxygens (including phenoxy) is 1. The first kappa shape index (κ1) is 12.7. The number of fused-ring (bicyclic) bond motifs is 1. The topological polar surface area (TPSA) is 31.2 Å². The fraction of sp³-hybridized carbons (Fsp3) is 0.400. The molecular weight excluding hydrogens is 226 g/mol. The van der Waals surface area contributed by atoms with Gasteiger partial charge in [0.1, 0.15) is 0 Å². The highest BCUT2D eigenvalue weighted by molar-refractivity contribution is 5.87. The number of hydrogen-bond donors (Lipinski definition) is 0. The Morgan fingerprint density at radius 1 is 1.28 bits per heavy atom. The maximum Gasteiger partial charge on any atom is 0.307 e. The first-order valence-corrected chi connectivity index (χ1v) is 6.34. The lowest BCUT2D eigenvalue weighted by Gasteiger charge is -2.05. The van der Waals surface area contributed by atoms with Crippen LogP contribution in [0.25, 0.3) is 10.9 Å². The second kappa shape index (κ2) is 5.25. The van der Waals surface area contributed by atoms with Gasteiger partial charge in [-0.1, -0.05) is 12.1 Å². The Bertz CT molecular complexity index is 569. The van der Waals surface area contributed by atoms with Gasteiger partial charge < -0.3 is 9.30 Å². The third-order valence-corrected chi connectivity index (χ3v) is 3.17. The third-order valence-electron chi connectivity index (χ3n) is 3.17. The summed E-state index contributed by atoms with van der Waals surface area (Å²) in [4.78, 5) is 11.4. The van der Waals surface area contributed by atoms with Crippen molar-refractivity contribution in [2.24, 2.45) is 0 Å². The minimum Gasteiger partial charge on any atom is -0.466 e. The molecule has 0 N–H and O–H groups in total. The van der Waals surface area contributed by atoms with Crippen molar-refractivity contribution in [3.8, 4) is 0 Å². The van der Waals surface area contributed by atoms with E-state index in [-0.39, 0.29) is 5.97 Å². The molecule has 0 fully saturated rings. The van der Waals surface area contributed by atoms with Crippen LogP contribution in [0, 0.1) is 13.8 Å². The van der Waals surface area contributed by atoms with E-state index in [1.807, 2.05) is 6.92 Å². The molecule has 96 valence electrons. The average molecular weight is 245 g/mol. The summed E-state index contributed by atoms with van der Waals surface area (Å²) in [6, 6.07) is 6.27. The Hall–Kier alpha value is -1.77.